The first-order chi connectivity index (χ1) is 12.2. The zero-order chi connectivity index (χ0) is 17.5. The summed E-state index contributed by atoms with van der Waals surface area (Å²) in [5, 5.41) is 9.15. The number of anilines is 1. The summed E-state index contributed by atoms with van der Waals surface area (Å²) in [5.74, 6) is 5.61. The highest BCUT2D eigenvalue weighted by atomic mass is 32.1. The Morgan fingerprint density at radius 3 is 2.56 bits per heavy atom. The molecule has 1 aromatic carbocycles. The topological polar surface area (TPSA) is 58.2 Å². The maximum Gasteiger partial charge on any atom is 0.261 e. The smallest absolute Gasteiger partial charge is 0.261 e. The van der Waals surface area contributed by atoms with E-state index in [1.165, 1.54) is 11.3 Å². The second kappa shape index (κ2) is 8.29. The van der Waals surface area contributed by atoms with Crippen molar-refractivity contribution in [2.45, 2.75) is 0 Å². The summed E-state index contributed by atoms with van der Waals surface area (Å²) in [7, 11) is 0. The van der Waals surface area contributed by atoms with Crippen LogP contribution in [0, 0.1) is 11.8 Å². The lowest BCUT2D eigenvalue weighted by molar-refractivity contribution is -0.115. The van der Waals surface area contributed by atoms with Crippen LogP contribution in [0.5, 0.6) is 0 Å². The predicted octanol–water partition coefficient (Wildman–Crippen LogP) is 3.58. The van der Waals surface area contributed by atoms with Crippen LogP contribution in [0.2, 0.25) is 0 Å². The Bertz CT molecular complexity index is 920. The van der Waals surface area contributed by atoms with Gasteiger partial charge in [0.1, 0.15) is 0 Å². The second-order valence-corrected chi connectivity index (χ2v) is 6.91. The highest BCUT2D eigenvalue weighted by Crippen LogP contribution is 2.11. The van der Waals surface area contributed by atoms with Crippen LogP contribution < -0.4 is 10.6 Å². The number of carbonyl (C=O) groups is 2. The number of rotatable bonds is 4. The van der Waals surface area contributed by atoms with Crippen molar-refractivity contribution < 1.29 is 9.59 Å². The van der Waals surface area contributed by atoms with E-state index in [1.54, 1.807) is 35.6 Å². The molecule has 6 heteroatoms. The van der Waals surface area contributed by atoms with Gasteiger partial charge in [-0.25, -0.2) is 0 Å². The molecule has 3 aromatic rings. The van der Waals surface area contributed by atoms with E-state index in [-0.39, 0.29) is 18.4 Å². The van der Waals surface area contributed by atoms with Crippen LogP contribution in [0.4, 0.5) is 5.69 Å². The Labute approximate surface area is 153 Å². The van der Waals surface area contributed by atoms with Crippen LogP contribution in [-0.4, -0.2) is 18.4 Å². The van der Waals surface area contributed by atoms with Crippen LogP contribution in [0.1, 0.15) is 20.1 Å². The summed E-state index contributed by atoms with van der Waals surface area (Å²) in [6.45, 7) is -0.0815. The molecule has 0 atom stereocenters. The molecule has 0 aliphatic heterocycles. The van der Waals surface area contributed by atoms with Gasteiger partial charge in [0.2, 0.25) is 5.91 Å². The Kier molecular flexibility index (Phi) is 5.62. The van der Waals surface area contributed by atoms with Gasteiger partial charge in [0.05, 0.1) is 16.3 Å². The van der Waals surface area contributed by atoms with Gasteiger partial charge in [-0.15, -0.1) is 22.7 Å². The number of hydrogen-bond acceptors (Lipinski definition) is 4. The van der Waals surface area contributed by atoms with Crippen LogP contribution in [-0.2, 0) is 4.79 Å². The van der Waals surface area contributed by atoms with Crippen LogP contribution in [0.15, 0.2) is 59.3 Å². The van der Waals surface area contributed by atoms with Gasteiger partial charge in [-0.1, -0.05) is 30.0 Å². The molecule has 4 nitrogen and oxygen atoms in total. The van der Waals surface area contributed by atoms with Crippen molar-refractivity contribution in [3.05, 3.63) is 74.6 Å². The van der Waals surface area contributed by atoms with E-state index in [0.717, 1.165) is 10.4 Å². The average Bonchev–Trinajstić information content (AvgIpc) is 3.31. The molecule has 0 saturated heterocycles. The van der Waals surface area contributed by atoms with E-state index < -0.39 is 0 Å². The van der Waals surface area contributed by atoms with Gasteiger partial charge in [0.15, 0.2) is 0 Å². The summed E-state index contributed by atoms with van der Waals surface area (Å²) in [4.78, 5) is 25.4. The third-order valence-corrected chi connectivity index (χ3v) is 4.81. The predicted molar refractivity (Wildman–Crippen MR) is 102 cm³/mol. The molecule has 2 amide bonds. The molecule has 0 fully saturated rings. The molecule has 0 spiro atoms. The first-order valence-electron chi connectivity index (χ1n) is 7.48. The maximum absolute atomic E-state index is 12.0. The number of benzene rings is 1. The summed E-state index contributed by atoms with van der Waals surface area (Å²) in [6.07, 6.45) is 0. The zero-order valence-corrected chi connectivity index (χ0v) is 14.7. The van der Waals surface area contributed by atoms with Crippen LogP contribution >= 0.6 is 22.7 Å². The molecule has 0 unspecified atom stereocenters. The van der Waals surface area contributed by atoms with E-state index in [0.29, 0.717) is 10.6 Å². The first-order valence-corrected chi connectivity index (χ1v) is 9.24. The lowest BCUT2D eigenvalue weighted by Crippen LogP contribution is -2.32. The van der Waals surface area contributed by atoms with Crippen molar-refractivity contribution in [1.82, 2.24) is 5.32 Å². The fraction of sp³-hybridized carbons (Fsp3) is 0.0526. The van der Waals surface area contributed by atoms with Gasteiger partial charge in [-0.2, -0.15) is 0 Å². The van der Waals surface area contributed by atoms with Gasteiger partial charge in [-0.3, -0.25) is 9.59 Å². The molecule has 0 radical (unpaired) electrons. The maximum atomic E-state index is 12.0. The second-order valence-electron chi connectivity index (χ2n) is 5.02. The zero-order valence-electron chi connectivity index (χ0n) is 13.1. The Hall–Kier alpha value is -2.88. The standard InChI is InChI=1S/C19H14N2O2S2/c22-18(13-20-19(23)17-7-3-11-25-17)21-15-5-1-4-14(12-15)8-9-16-6-2-10-24-16/h1-7,10-12H,13H2,(H,20,23)(H,21,22). The van der Waals surface area contributed by atoms with Crippen molar-refractivity contribution in [2.24, 2.45) is 0 Å². The monoisotopic (exact) mass is 366 g/mol. The molecule has 124 valence electrons. The molecule has 0 bridgehead atoms. The Morgan fingerprint density at radius 2 is 1.80 bits per heavy atom. The fourth-order valence-electron chi connectivity index (χ4n) is 2.02. The fourth-order valence-corrected chi connectivity index (χ4v) is 3.23. The van der Waals surface area contributed by atoms with E-state index in [4.69, 9.17) is 0 Å². The summed E-state index contributed by atoms with van der Waals surface area (Å²) >= 11 is 2.92. The Balaban J connectivity index is 1.56. The molecule has 25 heavy (non-hydrogen) atoms. The quantitative estimate of drug-likeness (QED) is 0.694. The molecule has 0 saturated carbocycles. The highest BCUT2D eigenvalue weighted by molar-refractivity contribution is 7.12. The van der Waals surface area contributed by atoms with E-state index in [2.05, 4.69) is 22.5 Å². The van der Waals surface area contributed by atoms with Gasteiger partial charge in [0, 0.05) is 11.3 Å². The lowest BCUT2D eigenvalue weighted by atomic mass is 10.2. The molecule has 3 rings (SSSR count). The third kappa shape index (κ3) is 5.05. The largest absolute Gasteiger partial charge is 0.342 e. The molecule has 0 aliphatic rings. The lowest BCUT2D eigenvalue weighted by Gasteiger charge is -2.06. The molecule has 0 aliphatic carbocycles. The van der Waals surface area contributed by atoms with Gasteiger partial charge < -0.3 is 10.6 Å². The van der Waals surface area contributed by atoms with E-state index in [1.807, 2.05) is 35.0 Å². The third-order valence-electron chi connectivity index (χ3n) is 3.15. The van der Waals surface area contributed by atoms with E-state index in [9.17, 15) is 9.59 Å². The highest BCUT2D eigenvalue weighted by Gasteiger charge is 2.08. The number of amides is 2. The molecule has 2 heterocycles. The Morgan fingerprint density at radius 1 is 0.960 bits per heavy atom. The van der Waals surface area contributed by atoms with Crippen LogP contribution in [0.25, 0.3) is 0 Å². The number of thiophene rings is 2. The molecular weight excluding hydrogens is 352 g/mol. The van der Waals surface area contributed by atoms with Crippen molar-refractivity contribution >= 4 is 40.2 Å². The van der Waals surface area contributed by atoms with Crippen molar-refractivity contribution in [3.63, 3.8) is 0 Å². The minimum absolute atomic E-state index is 0.0815. The molecular formula is C19H14N2O2S2. The number of hydrogen-bond donors (Lipinski definition) is 2. The van der Waals surface area contributed by atoms with Crippen molar-refractivity contribution in [1.29, 1.82) is 0 Å². The van der Waals surface area contributed by atoms with E-state index >= 15 is 0 Å². The summed E-state index contributed by atoms with van der Waals surface area (Å²) in [6, 6.07) is 14.7. The molecule has 2 N–H and O–H groups in total. The summed E-state index contributed by atoms with van der Waals surface area (Å²) < 4.78 is 0. The number of nitrogens with one attached hydrogen (secondary N) is 2. The summed E-state index contributed by atoms with van der Waals surface area (Å²) in [5.41, 5.74) is 1.46. The normalized spacial score (nSPS) is 9.76. The van der Waals surface area contributed by atoms with Gasteiger partial charge >= 0.3 is 0 Å². The average molecular weight is 366 g/mol. The van der Waals surface area contributed by atoms with Crippen molar-refractivity contribution in [2.75, 3.05) is 11.9 Å². The molecule has 2 aromatic heterocycles. The first kappa shape index (κ1) is 17.0. The SMILES string of the molecule is O=C(CNC(=O)c1cccs1)Nc1cccc(C#Cc2cccs2)c1. The number of carbonyl (C=O) groups excluding carboxylic acids is 2. The van der Waals surface area contributed by atoms with Gasteiger partial charge in [-0.05, 0) is 41.1 Å². The van der Waals surface area contributed by atoms with Gasteiger partial charge in [0.25, 0.3) is 5.91 Å². The minimum atomic E-state index is -0.284. The van der Waals surface area contributed by atoms with Crippen molar-refractivity contribution in [3.8, 4) is 11.8 Å². The minimum Gasteiger partial charge on any atom is -0.342 e. The van der Waals surface area contributed by atoms with Crippen LogP contribution in [0.3, 0.4) is 0 Å².